The number of anilines is 1. The van der Waals surface area contributed by atoms with E-state index in [2.05, 4.69) is 28.3 Å². The predicted octanol–water partition coefficient (Wildman–Crippen LogP) is 3.56. The number of aryl methyl sites for hydroxylation is 1. The van der Waals surface area contributed by atoms with Gasteiger partial charge in [0.05, 0.1) is 30.5 Å². The lowest BCUT2D eigenvalue weighted by Gasteiger charge is -2.29. The van der Waals surface area contributed by atoms with Gasteiger partial charge < -0.3 is 15.4 Å². The molecule has 2 unspecified atom stereocenters. The summed E-state index contributed by atoms with van der Waals surface area (Å²) in [5, 5.41) is 4.35. The molecule has 2 N–H and O–H groups in total. The Hall–Kier alpha value is -4.90. The number of carbonyl (C=O) groups excluding carboxylic acids is 1. The number of fused-ring (bicyclic) bond motifs is 4. The van der Waals surface area contributed by atoms with Gasteiger partial charge in [0.25, 0.3) is 5.91 Å². The van der Waals surface area contributed by atoms with Crippen LogP contribution in [-0.4, -0.2) is 72.1 Å². The van der Waals surface area contributed by atoms with Crippen molar-refractivity contribution in [3.05, 3.63) is 78.2 Å². The molecule has 2 aliphatic heterocycles. The topological polar surface area (TPSA) is 129 Å². The number of hydrogen-bond donors (Lipinski definition) is 1. The van der Waals surface area contributed by atoms with Gasteiger partial charge in [-0.15, -0.1) is 0 Å². The number of nitrogen functional groups attached to an aromatic ring is 1. The molecule has 42 heavy (non-hydrogen) atoms. The van der Waals surface area contributed by atoms with Crippen molar-refractivity contribution in [1.29, 1.82) is 0 Å². The van der Waals surface area contributed by atoms with Crippen molar-refractivity contribution in [2.45, 2.75) is 31.4 Å². The summed E-state index contributed by atoms with van der Waals surface area (Å²) in [6.07, 6.45) is 9.72. The number of imidazole rings is 1. The van der Waals surface area contributed by atoms with Gasteiger partial charge in [0, 0.05) is 43.3 Å². The standard InChI is InChI=1S/C31H29N9O2/c32-29-24(3-1-10-33-29)30-36-26-8-9-27(39-12-2-11-35-39)37-31(26)40(30)21-5-6-23-20(14-21)4-7-25(23)34-15-28(41)38-16-19-13-22(17-38)42-18-19/h1-3,5-6,8-12,14-15,19,22,25H,4,7,13,16-18H2,(H2,32,33)/t19?,22?,25-/m0/s1. The fourth-order valence-corrected chi connectivity index (χ4v) is 6.47. The van der Waals surface area contributed by atoms with Crippen LogP contribution in [0, 0.1) is 5.92 Å². The van der Waals surface area contributed by atoms with Gasteiger partial charge in [-0.1, -0.05) is 6.07 Å². The van der Waals surface area contributed by atoms with Gasteiger partial charge in [-0.05, 0) is 72.9 Å². The first-order chi connectivity index (χ1) is 20.6. The maximum absolute atomic E-state index is 12.9. The SMILES string of the molecule is Nc1ncccc1-c1nc2ccc(-n3cccn3)nc2n1-c1ccc2c(c1)CC[C@@H]2N=CC(=O)N1CC2COC(C2)C1. The highest BCUT2D eigenvalue weighted by Gasteiger charge is 2.35. The molecule has 0 saturated carbocycles. The highest BCUT2D eigenvalue weighted by atomic mass is 16.5. The molecule has 1 aromatic carbocycles. The number of nitrogens with zero attached hydrogens (tertiary/aromatic N) is 8. The molecule has 210 valence electrons. The van der Waals surface area contributed by atoms with Crippen LogP contribution in [0.4, 0.5) is 5.82 Å². The quantitative estimate of drug-likeness (QED) is 0.326. The number of aliphatic imine (C=N–C) groups is 1. The molecule has 0 radical (unpaired) electrons. The minimum atomic E-state index is -0.0479. The molecular formula is C31H29N9O2. The average molecular weight is 560 g/mol. The first-order valence-electron chi connectivity index (χ1n) is 14.3. The summed E-state index contributed by atoms with van der Waals surface area (Å²) >= 11 is 0. The molecule has 0 spiro atoms. The Morgan fingerprint density at radius 3 is 2.90 bits per heavy atom. The maximum atomic E-state index is 12.9. The molecule has 4 aromatic heterocycles. The van der Waals surface area contributed by atoms with E-state index in [1.54, 1.807) is 17.1 Å². The molecule has 8 rings (SSSR count). The van der Waals surface area contributed by atoms with Crippen LogP contribution in [0.1, 0.15) is 30.0 Å². The van der Waals surface area contributed by atoms with Crippen molar-refractivity contribution in [3.63, 3.8) is 0 Å². The number of pyridine rings is 2. The van der Waals surface area contributed by atoms with Gasteiger partial charge in [-0.3, -0.25) is 14.4 Å². The Morgan fingerprint density at radius 1 is 1.10 bits per heavy atom. The van der Waals surface area contributed by atoms with Crippen LogP contribution in [0.2, 0.25) is 0 Å². The first-order valence-corrected chi connectivity index (χ1v) is 14.3. The van der Waals surface area contributed by atoms with Gasteiger partial charge in [0.1, 0.15) is 11.3 Å². The summed E-state index contributed by atoms with van der Waals surface area (Å²) in [4.78, 5) is 33.7. The number of rotatable bonds is 5. The Kier molecular flexibility index (Phi) is 5.85. The highest BCUT2D eigenvalue weighted by Crippen LogP contribution is 2.37. The van der Waals surface area contributed by atoms with E-state index in [4.69, 9.17) is 25.4 Å². The molecule has 2 fully saturated rings. The zero-order valence-electron chi connectivity index (χ0n) is 22.9. The molecule has 5 aromatic rings. The third kappa shape index (κ3) is 4.24. The summed E-state index contributed by atoms with van der Waals surface area (Å²) in [6, 6.07) is 15.8. The summed E-state index contributed by atoms with van der Waals surface area (Å²) < 4.78 is 9.51. The molecule has 2 saturated heterocycles. The maximum Gasteiger partial charge on any atom is 0.264 e. The normalized spacial score (nSPS) is 21.4. The molecule has 2 bridgehead atoms. The van der Waals surface area contributed by atoms with Crippen molar-refractivity contribution in [3.8, 4) is 22.9 Å². The molecule has 3 atom stereocenters. The number of carbonyl (C=O) groups is 1. The van der Waals surface area contributed by atoms with Crippen LogP contribution in [0.15, 0.2) is 72.1 Å². The smallest absolute Gasteiger partial charge is 0.264 e. The second-order valence-corrected chi connectivity index (χ2v) is 11.2. The fourth-order valence-electron chi connectivity index (χ4n) is 6.47. The minimum Gasteiger partial charge on any atom is -0.383 e. The summed E-state index contributed by atoms with van der Waals surface area (Å²) in [5.74, 6) is 2.17. The highest BCUT2D eigenvalue weighted by molar-refractivity contribution is 6.26. The second-order valence-electron chi connectivity index (χ2n) is 11.2. The lowest BCUT2D eigenvalue weighted by molar-refractivity contribution is -0.125. The average Bonchev–Trinajstić information content (AvgIpc) is 3.81. The van der Waals surface area contributed by atoms with Crippen LogP contribution in [-0.2, 0) is 16.0 Å². The molecule has 1 aliphatic carbocycles. The van der Waals surface area contributed by atoms with Gasteiger partial charge >= 0.3 is 0 Å². The first kappa shape index (κ1) is 24.9. The van der Waals surface area contributed by atoms with E-state index >= 15 is 0 Å². The Balaban J connectivity index is 1.15. The predicted molar refractivity (Wildman–Crippen MR) is 158 cm³/mol. The number of amides is 1. The number of ether oxygens (including phenoxy) is 1. The van der Waals surface area contributed by atoms with Crippen molar-refractivity contribution < 1.29 is 9.53 Å². The van der Waals surface area contributed by atoms with Crippen molar-refractivity contribution >= 4 is 29.1 Å². The number of benzene rings is 1. The lowest BCUT2D eigenvalue weighted by Crippen LogP contribution is -2.43. The second kappa shape index (κ2) is 9.88. The minimum absolute atomic E-state index is 0.0251. The van der Waals surface area contributed by atoms with Gasteiger partial charge in [-0.2, -0.15) is 5.10 Å². The molecule has 1 amide bonds. The van der Waals surface area contributed by atoms with Crippen molar-refractivity contribution in [1.82, 2.24) is 34.2 Å². The Labute approximate surface area is 241 Å². The van der Waals surface area contributed by atoms with Crippen LogP contribution in [0.5, 0.6) is 0 Å². The summed E-state index contributed by atoms with van der Waals surface area (Å²) in [7, 11) is 0. The van der Waals surface area contributed by atoms with Crippen LogP contribution in [0.25, 0.3) is 34.1 Å². The van der Waals surface area contributed by atoms with E-state index in [1.165, 1.54) is 11.8 Å². The lowest BCUT2D eigenvalue weighted by atomic mass is 10.0. The monoisotopic (exact) mass is 559 g/mol. The zero-order chi connectivity index (χ0) is 28.2. The third-order valence-corrected chi connectivity index (χ3v) is 8.48. The fraction of sp³-hybridized carbons (Fsp3) is 0.290. The van der Waals surface area contributed by atoms with Gasteiger partial charge in [0.2, 0.25) is 0 Å². The molecule has 11 heteroatoms. The Morgan fingerprint density at radius 2 is 2.05 bits per heavy atom. The van der Waals surface area contributed by atoms with Crippen molar-refractivity contribution in [2.24, 2.45) is 10.9 Å². The largest absolute Gasteiger partial charge is 0.383 e. The van der Waals surface area contributed by atoms with Gasteiger partial charge in [0.15, 0.2) is 17.3 Å². The van der Waals surface area contributed by atoms with Crippen LogP contribution in [0.3, 0.4) is 0 Å². The van der Waals surface area contributed by atoms with Crippen molar-refractivity contribution in [2.75, 3.05) is 25.4 Å². The summed E-state index contributed by atoms with van der Waals surface area (Å²) in [5.41, 5.74) is 11.7. The summed E-state index contributed by atoms with van der Waals surface area (Å²) in [6.45, 7) is 2.17. The van der Waals surface area contributed by atoms with E-state index in [0.717, 1.165) is 54.7 Å². The molecular weight excluding hydrogens is 530 g/mol. The number of nitrogens with two attached hydrogens (primary N) is 1. The number of likely N-dealkylation sites (tertiary alicyclic amines) is 1. The van der Waals surface area contributed by atoms with Crippen LogP contribution < -0.4 is 5.73 Å². The number of hydrogen-bond acceptors (Lipinski definition) is 8. The van der Waals surface area contributed by atoms with E-state index in [-0.39, 0.29) is 18.1 Å². The Bertz CT molecular complexity index is 1830. The number of piperidine rings is 1. The molecule has 6 heterocycles. The van der Waals surface area contributed by atoms with E-state index in [9.17, 15) is 4.79 Å². The number of aromatic nitrogens is 6. The van der Waals surface area contributed by atoms with Gasteiger partial charge in [-0.25, -0.2) is 19.6 Å². The van der Waals surface area contributed by atoms with E-state index in [0.29, 0.717) is 35.6 Å². The molecule has 11 nitrogen and oxygen atoms in total. The van der Waals surface area contributed by atoms with Crippen LogP contribution >= 0.6 is 0 Å². The molecule has 3 aliphatic rings. The van der Waals surface area contributed by atoms with E-state index < -0.39 is 0 Å². The van der Waals surface area contributed by atoms with E-state index in [1.807, 2.05) is 46.0 Å². The third-order valence-electron chi connectivity index (χ3n) is 8.48. The zero-order valence-corrected chi connectivity index (χ0v) is 22.9.